The van der Waals surface area contributed by atoms with Gasteiger partial charge in [0.15, 0.2) is 0 Å². The zero-order valence-corrected chi connectivity index (χ0v) is 17.3. The van der Waals surface area contributed by atoms with Crippen LogP contribution in [0, 0.1) is 11.8 Å². The van der Waals surface area contributed by atoms with Crippen LogP contribution in [0.25, 0.3) is 0 Å². The van der Waals surface area contributed by atoms with Crippen molar-refractivity contribution in [1.29, 1.82) is 0 Å². The van der Waals surface area contributed by atoms with Crippen LogP contribution in [-0.4, -0.2) is 54.1 Å². The summed E-state index contributed by atoms with van der Waals surface area (Å²) in [5.41, 5.74) is 3.44. The van der Waals surface area contributed by atoms with E-state index >= 15 is 0 Å². The molecular weight excluding hydrogens is 374 g/mol. The van der Waals surface area contributed by atoms with Crippen LogP contribution in [0.3, 0.4) is 0 Å². The first-order chi connectivity index (χ1) is 13.8. The van der Waals surface area contributed by atoms with Crippen molar-refractivity contribution in [3.05, 3.63) is 35.4 Å². The number of anilines is 2. The van der Waals surface area contributed by atoms with Gasteiger partial charge in [-0.05, 0) is 12.5 Å². The number of nitrogens with one attached hydrogen (secondary N) is 1. The summed E-state index contributed by atoms with van der Waals surface area (Å²) >= 11 is 1.58. The zero-order chi connectivity index (χ0) is 19.8. The van der Waals surface area contributed by atoms with E-state index in [0.29, 0.717) is 19.1 Å². The van der Waals surface area contributed by atoms with Crippen molar-refractivity contribution in [2.24, 2.45) is 0 Å². The molecule has 2 aromatic rings. The van der Waals surface area contributed by atoms with Crippen LogP contribution in [0.15, 0.2) is 18.6 Å². The SMILES string of the molecule is CCSNc1cc(C#Cc2c(CC)ncnc2N2CCOCC2)cnc1OC. The second-order valence-electron chi connectivity index (χ2n) is 6.04. The minimum Gasteiger partial charge on any atom is -0.480 e. The molecule has 1 aliphatic heterocycles. The van der Waals surface area contributed by atoms with E-state index < -0.39 is 0 Å². The summed E-state index contributed by atoms with van der Waals surface area (Å²) in [7, 11) is 1.61. The maximum Gasteiger partial charge on any atom is 0.238 e. The molecule has 1 aliphatic rings. The molecule has 0 atom stereocenters. The Bertz CT molecular complexity index is 859. The Kier molecular flexibility index (Phi) is 7.34. The first-order valence-corrected chi connectivity index (χ1v) is 10.4. The van der Waals surface area contributed by atoms with E-state index in [4.69, 9.17) is 9.47 Å². The molecule has 148 valence electrons. The van der Waals surface area contributed by atoms with Gasteiger partial charge in [-0.1, -0.05) is 37.6 Å². The van der Waals surface area contributed by atoms with Crippen molar-refractivity contribution in [3.8, 4) is 17.7 Å². The molecule has 0 saturated carbocycles. The number of morpholine rings is 1. The molecule has 1 saturated heterocycles. The molecule has 8 heteroatoms. The highest BCUT2D eigenvalue weighted by Crippen LogP contribution is 2.25. The molecule has 0 aliphatic carbocycles. The van der Waals surface area contributed by atoms with Gasteiger partial charge >= 0.3 is 0 Å². The average molecular weight is 400 g/mol. The minimum atomic E-state index is 0.554. The number of rotatable bonds is 6. The van der Waals surface area contributed by atoms with E-state index in [2.05, 4.69) is 50.3 Å². The molecule has 2 aromatic heterocycles. The first-order valence-electron chi connectivity index (χ1n) is 9.37. The Balaban J connectivity index is 1.95. The number of nitrogens with zero attached hydrogens (tertiary/aromatic N) is 4. The van der Waals surface area contributed by atoms with Crippen molar-refractivity contribution >= 4 is 23.5 Å². The number of aryl methyl sites for hydroxylation is 1. The fraction of sp³-hybridized carbons (Fsp3) is 0.450. The maximum absolute atomic E-state index is 5.46. The average Bonchev–Trinajstić information content (AvgIpc) is 2.76. The van der Waals surface area contributed by atoms with Crippen LogP contribution >= 0.6 is 11.9 Å². The molecule has 3 heterocycles. The van der Waals surface area contributed by atoms with E-state index in [9.17, 15) is 0 Å². The van der Waals surface area contributed by atoms with Gasteiger partial charge in [0, 0.05) is 30.6 Å². The minimum absolute atomic E-state index is 0.554. The molecule has 0 bridgehead atoms. The molecule has 28 heavy (non-hydrogen) atoms. The topological polar surface area (TPSA) is 72.4 Å². The summed E-state index contributed by atoms with van der Waals surface area (Å²) in [6, 6.07) is 1.95. The van der Waals surface area contributed by atoms with Gasteiger partial charge in [-0.25, -0.2) is 15.0 Å². The number of methoxy groups -OCH3 is 1. The van der Waals surface area contributed by atoms with Gasteiger partial charge in [0.1, 0.15) is 17.8 Å². The van der Waals surface area contributed by atoms with Crippen molar-refractivity contribution in [3.63, 3.8) is 0 Å². The summed E-state index contributed by atoms with van der Waals surface area (Å²) in [5, 5.41) is 0. The van der Waals surface area contributed by atoms with Gasteiger partial charge < -0.3 is 19.1 Å². The molecule has 0 spiro atoms. The second-order valence-corrected chi connectivity index (χ2v) is 7.11. The highest BCUT2D eigenvalue weighted by Gasteiger charge is 2.18. The molecule has 1 N–H and O–H groups in total. The van der Waals surface area contributed by atoms with Crippen LogP contribution in [0.1, 0.15) is 30.7 Å². The number of aromatic nitrogens is 3. The normalized spacial score (nSPS) is 13.6. The lowest BCUT2D eigenvalue weighted by Crippen LogP contribution is -2.37. The van der Waals surface area contributed by atoms with Crippen molar-refractivity contribution in [1.82, 2.24) is 15.0 Å². The van der Waals surface area contributed by atoms with Crippen molar-refractivity contribution in [2.45, 2.75) is 20.3 Å². The van der Waals surface area contributed by atoms with E-state index in [1.165, 1.54) is 0 Å². The summed E-state index contributed by atoms with van der Waals surface area (Å²) in [4.78, 5) is 15.5. The maximum atomic E-state index is 5.46. The lowest BCUT2D eigenvalue weighted by atomic mass is 10.1. The van der Waals surface area contributed by atoms with Gasteiger partial charge in [0.2, 0.25) is 5.88 Å². The third-order valence-electron chi connectivity index (χ3n) is 4.25. The largest absolute Gasteiger partial charge is 0.480 e. The van der Waals surface area contributed by atoms with Crippen LogP contribution in [0.5, 0.6) is 5.88 Å². The molecule has 0 aromatic carbocycles. The smallest absolute Gasteiger partial charge is 0.238 e. The zero-order valence-electron chi connectivity index (χ0n) is 16.5. The lowest BCUT2D eigenvalue weighted by Gasteiger charge is -2.28. The van der Waals surface area contributed by atoms with Gasteiger partial charge in [-0.2, -0.15) is 0 Å². The summed E-state index contributed by atoms with van der Waals surface area (Å²) in [6.45, 7) is 7.17. The van der Waals surface area contributed by atoms with Gasteiger partial charge in [0.25, 0.3) is 0 Å². The number of pyridine rings is 1. The van der Waals surface area contributed by atoms with E-state index in [-0.39, 0.29) is 0 Å². The molecule has 0 amide bonds. The number of hydrogen-bond donors (Lipinski definition) is 1. The molecule has 0 unspecified atom stereocenters. The van der Waals surface area contributed by atoms with Crippen molar-refractivity contribution in [2.75, 3.05) is 48.8 Å². The van der Waals surface area contributed by atoms with E-state index in [1.807, 2.05) is 6.07 Å². The van der Waals surface area contributed by atoms with Crippen LogP contribution in [0.2, 0.25) is 0 Å². The van der Waals surface area contributed by atoms with E-state index in [0.717, 1.165) is 53.6 Å². The van der Waals surface area contributed by atoms with E-state index in [1.54, 1.807) is 31.6 Å². The first kappa shape index (κ1) is 20.2. The van der Waals surface area contributed by atoms with Crippen LogP contribution in [0.4, 0.5) is 11.5 Å². The standard InChI is InChI=1S/C20H25N5O2S/c1-4-17-16(19(23-14-22-17)25-8-10-27-11-9-25)7-6-15-12-18(24-28-5-2)20(26-3)21-13-15/h12-14,24H,4-5,8-11H2,1-3H3. The molecular formula is C20H25N5O2S. The molecule has 7 nitrogen and oxygen atoms in total. The summed E-state index contributed by atoms with van der Waals surface area (Å²) < 4.78 is 14.0. The molecule has 0 radical (unpaired) electrons. The Morgan fingerprint density at radius 1 is 1.21 bits per heavy atom. The van der Waals surface area contributed by atoms with Gasteiger partial charge in [-0.3, -0.25) is 0 Å². The predicted molar refractivity (Wildman–Crippen MR) is 113 cm³/mol. The van der Waals surface area contributed by atoms with Crippen LogP contribution < -0.4 is 14.4 Å². The fourth-order valence-electron chi connectivity index (χ4n) is 2.86. The molecule has 3 rings (SSSR count). The Labute approximate surface area is 170 Å². The second kappa shape index (κ2) is 10.2. The fourth-order valence-corrected chi connectivity index (χ4v) is 3.31. The highest BCUT2D eigenvalue weighted by atomic mass is 32.2. The predicted octanol–water partition coefficient (Wildman–Crippen LogP) is 2.76. The Morgan fingerprint density at radius 3 is 2.75 bits per heavy atom. The monoisotopic (exact) mass is 399 g/mol. The number of ether oxygens (including phenoxy) is 2. The lowest BCUT2D eigenvalue weighted by molar-refractivity contribution is 0.122. The summed E-state index contributed by atoms with van der Waals surface area (Å²) in [6.07, 6.45) is 4.13. The van der Waals surface area contributed by atoms with Gasteiger partial charge in [-0.15, -0.1) is 0 Å². The third-order valence-corrected chi connectivity index (χ3v) is 4.91. The third kappa shape index (κ3) is 4.86. The summed E-state index contributed by atoms with van der Waals surface area (Å²) in [5.74, 6) is 8.89. The highest BCUT2D eigenvalue weighted by molar-refractivity contribution is 8.00. The Hall–Kier alpha value is -2.50. The Morgan fingerprint density at radius 2 is 2.04 bits per heavy atom. The van der Waals surface area contributed by atoms with Crippen LogP contribution in [-0.2, 0) is 11.2 Å². The number of hydrogen-bond acceptors (Lipinski definition) is 8. The molecule has 1 fully saturated rings. The quantitative estimate of drug-likeness (QED) is 0.587. The van der Waals surface area contributed by atoms with Crippen molar-refractivity contribution < 1.29 is 9.47 Å². The van der Waals surface area contributed by atoms with Gasteiger partial charge in [0.05, 0.1) is 31.6 Å².